The summed E-state index contributed by atoms with van der Waals surface area (Å²) in [6.45, 7) is 3.62. The molecule has 0 aliphatic carbocycles. The number of carbonyl (C=O) groups is 1. The van der Waals surface area contributed by atoms with E-state index in [2.05, 4.69) is 4.74 Å². The first-order valence-corrected chi connectivity index (χ1v) is 7.88. The molecule has 9 heteroatoms. The van der Waals surface area contributed by atoms with E-state index < -0.39 is 27.9 Å². The predicted molar refractivity (Wildman–Crippen MR) is 74.9 cm³/mol. The first-order valence-electron chi connectivity index (χ1n) is 6.47. The number of rotatable bonds is 7. The second-order valence-electron chi connectivity index (χ2n) is 4.39. The summed E-state index contributed by atoms with van der Waals surface area (Å²) in [5, 5.41) is -4.65. The van der Waals surface area contributed by atoms with E-state index in [1.165, 1.54) is 12.1 Å². The summed E-state index contributed by atoms with van der Waals surface area (Å²) in [5.41, 5.74) is 0.823. The van der Waals surface area contributed by atoms with Crippen molar-refractivity contribution in [3.05, 3.63) is 29.8 Å². The molecule has 0 amide bonds. The van der Waals surface area contributed by atoms with E-state index in [0.29, 0.717) is 0 Å². The van der Waals surface area contributed by atoms with Crippen LogP contribution < -0.4 is 4.90 Å². The van der Waals surface area contributed by atoms with Gasteiger partial charge < -0.3 is 14.2 Å². The lowest BCUT2D eigenvalue weighted by Gasteiger charge is -2.21. The Morgan fingerprint density at radius 2 is 1.73 bits per heavy atom. The number of halogens is 2. The average Bonchev–Trinajstić information content (AvgIpc) is 2.45. The second-order valence-corrected chi connectivity index (χ2v) is 5.89. The second kappa shape index (κ2) is 7.01. The van der Waals surface area contributed by atoms with E-state index in [-0.39, 0.29) is 5.56 Å². The molecule has 1 rings (SSSR count). The fraction of sp³-hybridized carbons (Fsp3) is 0.462. The predicted octanol–water partition coefficient (Wildman–Crippen LogP) is 1.83. The molecule has 0 unspecified atom stereocenters. The van der Waals surface area contributed by atoms with E-state index in [0.717, 1.165) is 18.8 Å². The minimum Gasteiger partial charge on any atom is -0.743 e. The van der Waals surface area contributed by atoms with Crippen molar-refractivity contribution in [3.8, 4) is 0 Å². The van der Waals surface area contributed by atoms with Gasteiger partial charge in [0.15, 0.2) is 16.7 Å². The Kier molecular flexibility index (Phi) is 5.84. The zero-order valence-electron chi connectivity index (χ0n) is 12.1. The number of alkyl halides is 2. The van der Waals surface area contributed by atoms with Gasteiger partial charge in [-0.15, -0.1) is 0 Å². The Hall–Kier alpha value is -1.74. The van der Waals surface area contributed by atoms with Crippen LogP contribution in [-0.4, -0.2) is 43.9 Å². The van der Waals surface area contributed by atoms with Gasteiger partial charge in [-0.05, 0) is 38.1 Å². The van der Waals surface area contributed by atoms with Gasteiger partial charge >= 0.3 is 11.2 Å². The fourth-order valence-corrected chi connectivity index (χ4v) is 1.91. The van der Waals surface area contributed by atoms with Gasteiger partial charge in [-0.3, -0.25) is 0 Å². The highest BCUT2D eigenvalue weighted by atomic mass is 32.2. The van der Waals surface area contributed by atoms with Gasteiger partial charge in [0.25, 0.3) is 0 Å². The Balaban J connectivity index is 2.75. The molecule has 6 nitrogen and oxygen atoms in total. The van der Waals surface area contributed by atoms with Crippen molar-refractivity contribution < 1.29 is 31.3 Å². The van der Waals surface area contributed by atoms with Crippen LogP contribution >= 0.6 is 0 Å². The van der Waals surface area contributed by atoms with Crippen LogP contribution in [0.25, 0.3) is 0 Å². The standard InChI is InChI=1S/C13H17F2NO5S/c1-3-16(4-2)11-7-5-10(6-8-11)12(17)21-9-13(14,15)22(18,19)20/h5-8H,3-4,9H2,1-2H3,(H,18,19,20)/p-1. The van der Waals surface area contributed by atoms with Crippen LogP contribution in [0, 0.1) is 0 Å². The molecule has 0 aliphatic heterocycles. The first-order chi connectivity index (χ1) is 10.1. The van der Waals surface area contributed by atoms with Gasteiger partial charge in [-0.25, -0.2) is 13.2 Å². The number of nitrogens with zero attached hydrogens (tertiary/aromatic N) is 1. The normalized spacial score (nSPS) is 12.0. The van der Waals surface area contributed by atoms with Crippen LogP contribution in [-0.2, 0) is 14.9 Å². The van der Waals surface area contributed by atoms with E-state index in [9.17, 15) is 26.5 Å². The number of esters is 1. The zero-order valence-corrected chi connectivity index (χ0v) is 12.9. The van der Waals surface area contributed by atoms with Gasteiger partial charge in [-0.1, -0.05) is 0 Å². The Labute approximate surface area is 127 Å². The van der Waals surface area contributed by atoms with Crippen LogP contribution in [0.15, 0.2) is 24.3 Å². The number of anilines is 1. The van der Waals surface area contributed by atoms with Crippen LogP contribution in [0.4, 0.5) is 14.5 Å². The molecular weight excluding hydrogens is 320 g/mol. The maximum Gasteiger partial charge on any atom is 0.367 e. The van der Waals surface area contributed by atoms with E-state index >= 15 is 0 Å². The molecule has 22 heavy (non-hydrogen) atoms. The smallest absolute Gasteiger partial charge is 0.367 e. The molecule has 0 bridgehead atoms. The minimum absolute atomic E-state index is 0.0185. The molecule has 0 saturated carbocycles. The monoisotopic (exact) mass is 336 g/mol. The van der Waals surface area contributed by atoms with Crippen molar-refractivity contribution in [1.82, 2.24) is 0 Å². The summed E-state index contributed by atoms with van der Waals surface area (Å²) in [7, 11) is -5.87. The van der Waals surface area contributed by atoms with Crippen molar-refractivity contribution in [2.45, 2.75) is 19.1 Å². The zero-order chi connectivity index (χ0) is 17.0. The lowest BCUT2D eigenvalue weighted by molar-refractivity contribution is -0.00996. The van der Waals surface area contributed by atoms with Crippen LogP contribution in [0.5, 0.6) is 0 Å². The summed E-state index contributed by atoms with van der Waals surface area (Å²) in [6.07, 6.45) is 0. The van der Waals surface area contributed by atoms with Gasteiger partial charge in [0, 0.05) is 18.8 Å². The molecule has 124 valence electrons. The summed E-state index contributed by atoms with van der Waals surface area (Å²) in [5.74, 6) is -1.13. The van der Waals surface area contributed by atoms with Crippen LogP contribution in [0.2, 0.25) is 0 Å². The summed E-state index contributed by atoms with van der Waals surface area (Å²) in [6, 6.07) is 5.98. The maximum atomic E-state index is 12.9. The fourth-order valence-electron chi connectivity index (χ4n) is 1.70. The third-order valence-corrected chi connectivity index (χ3v) is 3.82. The van der Waals surface area contributed by atoms with Crippen molar-refractivity contribution in [2.24, 2.45) is 0 Å². The van der Waals surface area contributed by atoms with Crippen molar-refractivity contribution >= 4 is 21.8 Å². The Morgan fingerprint density at radius 3 is 2.14 bits per heavy atom. The van der Waals surface area contributed by atoms with Crippen molar-refractivity contribution in [1.29, 1.82) is 0 Å². The van der Waals surface area contributed by atoms with E-state index in [1.807, 2.05) is 18.7 Å². The van der Waals surface area contributed by atoms with Gasteiger partial charge in [0.2, 0.25) is 0 Å². The third-order valence-electron chi connectivity index (χ3n) is 2.97. The first kappa shape index (κ1) is 18.3. The van der Waals surface area contributed by atoms with Crippen molar-refractivity contribution in [3.63, 3.8) is 0 Å². The molecule has 1 aromatic rings. The highest BCUT2D eigenvalue weighted by Gasteiger charge is 2.39. The molecular formula is C13H16F2NO5S-. The topological polar surface area (TPSA) is 86.7 Å². The molecule has 0 spiro atoms. The molecule has 0 aliphatic rings. The van der Waals surface area contributed by atoms with Crippen molar-refractivity contribution in [2.75, 3.05) is 24.6 Å². The van der Waals surface area contributed by atoms with Gasteiger partial charge in [0.05, 0.1) is 5.56 Å². The van der Waals surface area contributed by atoms with Crippen LogP contribution in [0.1, 0.15) is 24.2 Å². The molecule has 0 aromatic heterocycles. The SMILES string of the molecule is CCN(CC)c1ccc(C(=O)OCC(F)(F)S(=O)(=O)[O-])cc1. The molecule has 0 atom stereocenters. The molecule has 0 heterocycles. The van der Waals surface area contributed by atoms with E-state index in [4.69, 9.17) is 0 Å². The maximum absolute atomic E-state index is 12.9. The average molecular weight is 336 g/mol. The third kappa shape index (κ3) is 4.38. The van der Waals surface area contributed by atoms with Gasteiger partial charge in [0.1, 0.15) is 0 Å². The number of hydrogen-bond donors (Lipinski definition) is 0. The highest BCUT2D eigenvalue weighted by Crippen LogP contribution is 2.21. The summed E-state index contributed by atoms with van der Waals surface area (Å²) >= 11 is 0. The highest BCUT2D eigenvalue weighted by molar-refractivity contribution is 7.86. The van der Waals surface area contributed by atoms with E-state index in [1.54, 1.807) is 12.1 Å². The molecule has 0 N–H and O–H groups in total. The molecule has 0 fully saturated rings. The minimum atomic E-state index is -5.87. The molecule has 1 aromatic carbocycles. The number of carbonyl (C=O) groups excluding carboxylic acids is 1. The van der Waals surface area contributed by atoms with Crippen LogP contribution in [0.3, 0.4) is 0 Å². The summed E-state index contributed by atoms with van der Waals surface area (Å²) < 4.78 is 60.8. The number of benzene rings is 1. The lowest BCUT2D eigenvalue weighted by Crippen LogP contribution is -2.34. The Morgan fingerprint density at radius 1 is 1.23 bits per heavy atom. The quantitative estimate of drug-likeness (QED) is 0.558. The Bertz CT molecular complexity index is 612. The molecule has 0 saturated heterocycles. The largest absolute Gasteiger partial charge is 0.743 e. The number of ether oxygens (including phenoxy) is 1. The molecule has 0 radical (unpaired) electrons. The van der Waals surface area contributed by atoms with Gasteiger partial charge in [-0.2, -0.15) is 8.78 Å². The number of hydrogen-bond acceptors (Lipinski definition) is 6. The summed E-state index contributed by atoms with van der Waals surface area (Å²) in [4.78, 5) is 13.6. The lowest BCUT2D eigenvalue weighted by atomic mass is 10.2.